The molecule has 2 aliphatic rings. The monoisotopic (exact) mass is 436 g/mol. The standard InChI is InChI=1S/C20H32N6O3S/c1-4-25(17-6-5-7-17)15-14-24(3)20-22-12-13-26(20)30(28,29)18-10-8-16(9-11-18)23-19(27)21-2/h8-11,17H,4-7,12-15H2,1-3H3,(H2,21,23,27). The van der Waals surface area contributed by atoms with Crippen molar-refractivity contribution in [3.63, 3.8) is 0 Å². The predicted molar refractivity (Wildman–Crippen MR) is 118 cm³/mol. The lowest BCUT2D eigenvalue weighted by Gasteiger charge is -2.38. The molecule has 1 aromatic carbocycles. The molecule has 10 heteroatoms. The van der Waals surface area contributed by atoms with Crippen LogP contribution in [0.4, 0.5) is 10.5 Å². The van der Waals surface area contributed by atoms with Crippen LogP contribution in [-0.2, 0) is 10.0 Å². The molecule has 1 aliphatic carbocycles. The predicted octanol–water partition coefficient (Wildman–Crippen LogP) is 1.60. The lowest BCUT2D eigenvalue weighted by atomic mass is 9.91. The molecule has 0 radical (unpaired) electrons. The second-order valence-corrected chi connectivity index (χ2v) is 9.48. The summed E-state index contributed by atoms with van der Waals surface area (Å²) < 4.78 is 27.8. The Hall–Kier alpha value is -2.33. The fourth-order valence-electron chi connectivity index (χ4n) is 3.72. The average molecular weight is 437 g/mol. The van der Waals surface area contributed by atoms with Crippen molar-refractivity contribution in [3.05, 3.63) is 24.3 Å². The Morgan fingerprint density at radius 1 is 1.23 bits per heavy atom. The van der Waals surface area contributed by atoms with E-state index < -0.39 is 10.0 Å². The van der Waals surface area contributed by atoms with E-state index in [0.717, 1.165) is 19.6 Å². The number of rotatable bonds is 8. The fourth-order valence-corrected chi connectivity index (χ4v) is 5.19. The van der Waals surface area contributed by atoms with Crippen molar-refractivity contribution in [1.29, 1.82) is 0 Å². The zero-order valence-corrected chi connectivity index (χ0v) is 18.8. The Labute approximate surface area is 179 Å². The van der Waals surface area contributed by atoms with Crippen LogP contribution in [0.25, 0.3) is 0 Å². The average Bonchev–Trinajstić information content (AvgIpc) is 3.20. The largest absolute Gasteiger partial charge is 0.344 e. The lowest BCUT2D eigenvalue weighted by Crippen LogP contribution is -2.48. The van der Waals surface area contributed by atoms with Gasteiger partial charge in [-0.15, -0.1) is 0 Å². The number of carbonyl (C=O) groups is 1. The fraction of sp³-hybridized carbons (Fsp3) is 0.600. The molecule has 0 spiro atoms. The molecule has 1 fully saturated rings. The number of likely N-dealkylation sites (N-methyl/N-ethyl adjacent to an activating group) is 2. The number of sulfonamides is 1. The molecular formula is C20H32N6O3S. The van der Waals surface area contributed by atoms with Crippen LogP contribution in [0.5, 0.6) is 0 Å². The number of urea groups is 1. The normalized spacial score (nSPS) is 16.9. The Balaban J connectivity index is 1.66. The first-order valence-corrected chi connectivity index (χ1v) is 11.9. The molecule has 1 aromatic rings. The summed E-state index contributed by atoms with van der Waals surface area (Å²) in [4.78, 5) is 20.5. The van der Waals surface area contributed by atoms with Gasteiger partial charge in [0.25, 0.3) is 10.0 Å². The zero-order valence-electron chi connectivity index (χ0n) is 18.0. The summed E-state index contributed by atoms with van der Waals surface area (Å²) in [6, 6.07) is 6.48. The van der Waals surface area contributed by atoms with E-state index in [9.17, 15) is 13.2 Å². The first-order chi connectivity index (χ1) is 14.4. The Morgan fingerprint density at radius 3 is 2.50 bits per heavy atom. The van der Waals surface area contributed by atoms with Crippen LogP contribution in [0.3, 0.4) is 0 Å². The minimum Gasteiger partial charge on any atom is -0.344 e. The van der Waals surface area contributed by atoms with Crippen molar-refractivity contribution in [2.45, 2.75) is 37.1 Å². The van der Waals surface area contributed by atoms with Crippen LogP contribution in [0.15, 0.2) is 34.2 Å². The number of amides is 2. The van der Waals surface area contributed by atoms with Crippen molar-refractivity contribution < 1.29 is 13.2 Å². The molecule has 2 N–H and O–H groups in total. The van der Waals surface area contributed by atoms with Gasteiger partial charge in [-0.3, -0.25) is 9.89 Å². The summed E-state index contributed by atoms with van der Waals surface area (Å²) in [5, 5.41) is 5.08. The van der Waals surface area contributed by atoms with Gasteiger partial charge in [-0.05, 0) is 43.7 Å². The molecule has 0 bridgehead atoms. The van der Waals surface area contributed by atoms with E-state index in [1.807, 2.05) is 11.9 Å². The Kier molecular flexibility index (Phi) is 7.19. The molecule has 0 aromatic heterocycles. The van der Waals surface area contributed by atoms with E-state index in [0.29, 0.717) is 30.8 Å². The van der Waals surface area contributed by atoms with E-state index in [2.05, 4.69) is 27.4 Å². The highest BCUT2D eigenvalue weighted by Gasteiger charge is 2.33. The maximum absolute atomic E-state index is 13.2. The van der Waals surface area contributed by atoms with E-state index in [1.54, 1.807) is 12.1 Å². The van der Waals surface area contributed by atoms with Crippen molar-refractivity contribution in [3.8, 4) is 0 Å². The highest BCUT2D eigenvalue weighted by atomic mass is 32.2. The zero-order chi connectivity index (χ0) is 21.7. The first-order valence-electron chi connectivity index (χ1n) is 10.5. The molecule has 0 saturated heterocycles. The molecule has 0 atom stereocenters. The van der Waals surface area contributed by atoms with Gasteiger partial charge >= 0.3 is 6.03 Å². The van der Waals surface area contributed by atoms with E-state index in [-0.39, 0.29) is 10.9 Å². The van der Waals surface area contributed by atoms with E-state index in [1.165, 1.54) is 42.7 Å². The summed E-state index contributed by atoms with van der Waals surface area (Å²) >= 11 is 0. The number of benzene rings is 1. The van der Waals surface area contributed by atoms with Crippen molar-refractivity contribution in [1.82, 2.24) is 19.4 Å². The summed E-state index contributed by atoms with van der Waals surface area (Å²) in [6.07, 6.45) is 3.81. The van der Waals surface area contributed by atoms with Gasteiger partial charge in [0, 0.05) is 38.9 Å². The molecule has 166 valence electrons. The van der Waals surface area contributed by atoms with Gasteiger partial charge in [0.1, 0.15) is 0 Å². The number of anilines is 1. The summed E-state index contributed by atoms with van der Waals surface area (Å²) in [6.45, 7) is 5.58. The van der Waals surface area contributed by atoms with Crippen LogP contribution >= 0.6 is 0 Å². The highest BCUT2D eigenvalue weighted by Crippen LogP contribution is 2.25. The highest BCUT2D eigenvalue weighted by molar-refractivity contribution is 7.89. The van der Waals surface area contributed by atoms with Gasteiger partial charge < -0.3 is 15.5 Å². The van der Waals surface area contributed by atoms with Gasteiger partial charge in [0.15, 0.2) is 0 Å². The lowest BCUT2D eigenvalue weighted by molar-refractivity contribution is 0.128. The van der Waals surface area contributed by atoms with Gasteiger partial charge in [0.2, 0.25) is 5.96 Å². The molecule has 1 heterocycles. The third-order valence-corrected chi connectivity index (χ3v) is 7.56. The smallest absolute Gasteiger partial charge is 0.318 e. The van der Waals surface area contributed by atoms with Gasteiger partial charge in [0.05, 0.1) is 18.0 Å². The Bertz CT molecular complexity index is 867. The minimum atomic E-state index is -3.72. The second-order valence-electron chi connectivity index (χ2n) is 7.62. The third-order valence-electron chi connectivity index (χ3n) is 5.77. The van der Waals surface area contributed by atoms with Crippen LogP contribution in [-0.4, -0.2) is 87.4 Å². The third kappa shape index (κ3) is 4.86. The van der Waals surface area contributed by atoms with Crippen LogP contribution in [0.1, 0.15) is 26.2 Å². The van der Waals surface area contributed by atoms with Crippen LogP contribution in [0, 0.1) is 0 Å². The maximum atomic E-state index is 13.2. The number of hydrogen-bond acceptors (Lipinski definition) is 6. The van der Waals surface area contributed by atoms with Crippen molar-refractivity contribution in [2.75, 3.05) is 52.1 Å². The van der Waals surface area contributed by atoms with Crippen molar-refractivity contribution in [2.24, 2.45) is 4.99 Å². The van der Waals surface area contributed by atoms with E-state index >= 15 is 0 Å². The number of carbonyl (C=O) groups excluding carboxylic acids is 1. The maximum Gasteiger partial charge on any atom is 0.318 e. The molecule has 2 amide bonds. The molecular weight excluding hydrogens is 404 g/mol. The summed E-state index contributed by atoms with van der Waals surface area (Å²) in [7, 11) is -0.300. The van der Waals surface area contributed by atoms with Gasteiger partial charge in [-0.2, -0.15) is 0 Å². The molecule has 1 saturated carbocycles. The molecule has 30 heavy (non-hydrogen) atoms. The van der Waals surface area contributed by atoms with Crippen LogP contribution < -0.4 is 10.6 Å². The minimum absolute atomic E-state index is 0.178. The topological polar surface area (TPSA) is 97.3 Å². The van der Waals surface area contributed by atoms with E-state index in [4.69, 9.17) is 0 Å². The molecule has 0 unspecified atom stereocenters. The number of aliphatic imine (C=N–C) groups is 1. The molecule has 9 nitrogen and oxygen atoms in total. The van der Waals surface area contributed by atoms with Crippen molar-refractivity contribution >= 4 is 27.7 Å². The Morgan fingerprint density at radius 2 is 1.93 bits per heavy atom. The van der Waals surface area contributed by atoms with Crippen LogP contribution in [0.2, 0.25) is 0 Å². The number of guanidine groups is 1. The number of nitrogens with zero attached hydrogens (tertiary/aromatic N) is 4. The van der Waals surface area contributed by atoms with Gasteiger partial charge in [-0.25, -0.2) is 17.5 Å². The molecule has 1 aliphatic heterocycles. The SMILES string of the molecule is CCN(CCN(C)C1=NCCN1S(=O)(=O)c1ccc(NC(=O)NC)cc1)C1CCC1. The number of nitrogens with one attached hydrogen (secondary N) is 2. The summed E-state index contributed by atoms with van der Waals surface area (Å²) in [5.74, 6) is 0.493. The quantitative estimate of drug-likeness (QED) is 0.645. The summed E-state index contributed by atoms with van der Waals surface area (Å²) in [5.41, 5.74) is 0.524. The van der Waals surface area contributed by atoms with Gasteiger partial charge in [-0.1, -0.05) is 13.3 Å². The molecule has 3 rings (SSSR count). The number of hydrogen-bond donors (Lipinski definition) is 2. The second kappa shape index (κ2) is 9.65. The first kappa shape index (κ1) is 22.4.